The SMILES string of the molecule is CCCCC(C)Nc1ncnc(NC)c1C(C)C. The first-order valence-corrected chi connectivity index (χ1v) is 6.89. The van der Waals surface area contributed by atoms with Crippen molar-refractivity contribution >= 4 is 11.6 Å². The van der Waals surface area contributed by atoms with Crippen LogP contribution in [0.25, 0.3) is 0 Å². The normalized spacial score (nSPS) is 12.6. The molecule has 1 heterocycles. The number of anilines is 2. The van der Waals surface area contributed by atoms with Crippen LogP contribution < -0.4 is 10.6 Å². The van der Waals surface area contributed by atoms with Gasteiger partial charge in [-0.15, -0.1) is 0 Å². The molecule has 102 valence electrons. The fraction of sp³-hybridized carbons (Fsp3) is 0.714. The fourth-order valence-electron chi connectivity index (χ4n) is 2.07. The maximum Gasteiger partial charge on any atom is 0.135 e. The van der Waals surface area contributed by atoms with E-state index in [9.17, 15) is 0 Å². The summed E-state index contributed by atoms with van der Waals surface area (Å²) in [5, 5.41) is 6.65. The lowest BCUT2D eigenvalue weighted by molar-refractivity contribution is 0.641. The average molecular weight is 250 g/mol. The van der Waals surface area contributed by atoms with E-state index in [2.05, 4.69) is 48.3 Å². The Balaban J connectivity index is 2.87. The molecule has 0 aliphatic carbocycles. The maximum atomic E-state index is 4.39. The minimum atomic E-state index is 0.398. The van der Waals surface area contributed by atoms with E-state index in [1.54, 1.807) is 6.33 Å². The molecule has 0 aliphatic heterocycles. The Morgan fingerprint density at radius 3 is 2.39 bits per heavy atom. The van der Waals surface area contributed by atoms with Crippen LogP contribution in [-0.2, 0) is 0 Å². The Morgan fingerprint density at radius 1 is 1.17 bits per heavy atom. The second kappa shape index (κ2) is 7.19. The number of nitrogens with zero attached hydrogens (tertiary/aromatic N) is 2. The standard InChI is InChI=1S/C14H26N4/c1-6-7-8-11(4)18-14-12(10(2)3)13(15-5)16-9-17-14/h9-11H,6-8H2,1-5H3,(H2,15,16,17,18). The van der Waals surface area contributed by atoms with Gasteiger partial charge < -0.3 is 10.6 Å². The summed E-state index contributed by atoms with van der Waals surface area (Å²) in [4.78, 5) is 8.68. The van der Waals surface area contributed by atoms with Crippen LogP contribution in [0.2, 0.25) is 0 Å². The largest absolute Gasteiger partial charge is 0.373 e. The molecule has 4 heteroatoms. The van der Waals surface area contributed by atoms with Crippen LogP contribution in [-0.4, -0.2) is 23.1 Å². The van der Waals surface area contributed by atoms with Gasteiger partial charge in [0, 0.05) is 18.7 Å². The van der Waals surface area contributed by atoms with Crippen molar-refractivity contribution in [1.82, 2.24) is 9.97 Å². The van der Waals surface area contributed by atoms with Crippen LogP contribution >= 0.6 is 0 Å². The quantitative estimate of drug-likeness (QED) is 0.776. The van der Waals surface area contributed by atoms with Crippen molar-refractivity contribution in [2.24, 2.45) is 0 Å². The first kappa shape index (κ1) is 14.7. The minimum Gasteiger partial charge on any atom is -0.373 e. The van der Waals surface area contributed by atoms with E-state index >= 15 is 0 Å². The van der Waals surface area contributed by atoms with Gasteiger partial charge in [-0.05, 0) is 19.3 Å². The van der Waals surface area contributed by atoms with Gasteiger partial charge in [-0.3, -0.25) is 0 Å². The van der Waals surface area contributed by atoms with E-state index in [-0.39, 0.29) is 0 Å². The van der Waals surface area contributed by atoms with Crippen molar-refractivity contribution in [3.05, 3.63) is 11.9 Å². The third kappa shape index (κ3) is 3.86. The molecule has 4 nitrogen and oxygen atoms in total. The molecule has 1 atom stereocenters. The molecule has 0 bridgehead atoms. The maximum absolute atomic E-state index is 4.39. The van der Waals surface area contributed by atoms with E-state index in [1.165, 1.54) is 24.8 Å². The van der Waals surface area contributed by atoms with Gasteiger partial charge in [0.25, 0.3) is 0 Å². The Hall–Kier alpha value is -1.32. The van der Waals surface area contributed by atoms with Crippen LogP contribution in [0, 0.1) is 0 Å². The molecule has 1 unspecified atom stereocenters. The molecule has 1 rings (SSSR count). The first-order valence-electron chi connectivity index (χ1n) is 6.89. The molecule has 0 saturated heterocycles. The lowest BCUT2D eigenvalue weighted by Crippen LogP contribution is -2.18. The minimum absolute atomic E-state index is 0.398. The third-order valence-corrected chi connectivity index (χ3v) is 3.07. The van der Waals surface area contributed by atoms with E-state index in [4.69, 9.17) is 0 Å². The highest BCUT2D eigenvalue weighted by Crippen LogP contribution is 2.28. The van der Waals surface area contributed by atoms with Crippen molar-refractivity contribution in [3.63, 3.8) is 0 Å². The topological polar surface area (TPSA) is 49.8 Å². The molecule has 0 aliphatic rings. The lowest BCUT2D eigenvalue weighted by atomic mass is 10.0. The molecule has 1 aromatic rings. The number of hydrogen-bond donors (Lipinski definition) is 2. The van der Waals surface area contributed by atoms with Crippen LogP contribution in [0.3, 0.4) is 0 Å². The summed E-state index contributed by atoms with van der Waals surface area (Å²) < 4.78 is 0. The first-order chi connectivity index (χ1) is 8.60. The van der Waals surface area contributed by atoms with Crippen LogP contribution in [0.15, 0.2) is 6.33 Å². The zero-order valence-corrected chi connectivity index (χ0v) is 12.2. The van der Waals surface area contributed by atoms with Crippen molar-refractivity contribution < 1.29 is 0 Å². The van der Waals surface area contributed by atoms with Crippen molar-refractivity contribution in [2.45, 2.75) is 58.9 Å². The van der Waals surface area contributed by atoms with Crippen LogP contribution in [0.5, 0.6) is 0 Å². The zero-order valence-electron chi connectivity index (χ0n) is 12.2. The zero-order chi connectivity index (χ0) is 13.5. The molecule has 2 N–H and O–H groups in total. The molecule has 0 spiro atoms. The van der Waals surface area contributed by atoms with Crippen molar-refractivity contribution in [2.75, 3.05) is 17.7 Å². The third-order valence-electron chi connectivity index (χ3n) is 3.07. The molecule has 0 amide bonds. The van der Waals surface area contributed by atoms with E-state index in [1.807, 2.05) is 7.05 Å². The highest BCUT2D eigenvalue weighted by Gasteiger charge is 2.15. The van der Waals surface area contributed by atoms with Gasteiger partial charge in [0.2, 0.25) is 0 Å². The van der Waals surface area contributed by atoms with Gasteiger partial charge in [0.05, 0.1) is 0 Å². The molecule has 1 aromatic heterocycles. The van der Waals surface area contributed by atoms with Gasteiger partial charge >= 0.3 is 0 Å². The second-order valence-electron chi connectivity index (χ2n) is 5.08. The van der Waals surface area contributed by atoms with E-state index in [0.29, 0.717) is 12.0 Å². The molecule has 0 fully saturated rings. The molecular weight excluding hydrogens is 224 g/mol. The summed E-state index contributed by atoms with van der Waals surface area (Å²) in [6.45, 7) is 8.76. The molecule has 0 saturated carbocycles. The van der Waals surface area contributed by atoms with Gasteiger partial charge in [-0.2, -0.15) is 0 Å². The van der Waals surface area contributed by atoms with Gasteiger partial charge in [-0.1, -0.05) is 33.6 Å². The Bertz CT molecular complexity index is 363. The summed E-state index contributed by atoms with van der Waals surface area (Å²) in [7, 11) is 1.90. The Morgan fingerprint density at radius 2 is 1.83 bits per heavy atom. The highest BCUT2D eigenvalue weighted by molar-refractivity contribution is 5.59. The monoisotopic (exact) mass is 250 g/mol. The summed E-state index contributed by atoms with van der Waals surface area (Å²) >= 11 is 0. The predicted molar refractivity (Wildman–Crippen MR) is 78.3 cm³/mol. The van der Waals surface area contributed by atoms with Crippen molar-refractivity contribution in [3.8, 4) is 0 Å². The van der Waals surface area contributed by atoms with Gasteiger partial charge in [-0.25, -0.2) is 9.97 Å². The predicted octanol–water partition coefficient (Wildman–Crippen LogP) is 3.63. The number of rotatable bonds is 7. The number of unbranched alkanes of at least 4 members (excludes halogenated alkanes) is 1. The average Bonchev–Trinajstić information content (AvgIpc) is 2.35. The highest BCUT2D eigenvalue weighted by atomic mass is 15.1. The smallest absolute Gasteiger partial charge is 0.135 e. The molecule has 0 aromatic carbocycles. The Kier molecular flexibility index (Phi) is 5.89. The number of aromatic nitrogens is 2. The summed E-state index contributed by atoms with van der Waals surface area (Å²) in [5.41, 5.74) is 1.17. The van der Waals surface area contributed by atoms with E-state index < -0.39 is 0 Å². The summed E-state index contributed by atoms with van der Waals surface area (Å²) in [5.74, 6) is 2.28. The summed E-state index contributed by atoms with van der Waals surface area (Å²) in [6, 6.07) is 0.446. The van der Waals surface area contributed by atoms with Gasteiger partial charge in [0.1, 0.15) is 18.0 Å². The lowest BCUT2D eigenvalue weighted by Gasteiger charge is -2.20. The fourth-order valence-corrected chi connectivity index (χ4v) is 2.07. The summed E-state index contributed by atoms with van der Waals surface area (Å²) in [6.07, 6.45) is 5.27. The Labute approximate surface area is 111 Å². The van der Waals surface area contributed by atoms with E-state index in [0.717, 1.165) is 11.6 Å². The second-order valence-corrected chi connectivity index (χ2v) is 5.08. The number of hydrogen-bond acceptors (Lipinski definition) is 4. The van der Waals surface area contributed by atoms with Crippen molar-refractivity contribution in [1.29, 1.82) is 0 Å². The van der Waals surface area contributed by atoms with Gasteiger partial charge in [0.15, 0.2) is 0 Å². The van der Waals surface area contributed by atoms with Crippen LogP contribution in [0.1, 0.15) is 58.4 Å². The number of nitrogens with one attached hydrogen (secondary N) is 2. The molecule has 0 radical (unpaired) electrons. The molecular formula is C14H26N4. The van der Waals surface area contributed by atoms with Crippen LogP contribution in [0.4, 0.5) is 11.6 Å². The molecule has 18 heavy (non-hydrogen) atoms.